The topological polar surface area (TPSA) is 63.2 Å². The van der Waals surface area contributed by atoms with Gasteiger partial charge in [-0.05, 0) is 52.4 Å². The Balaban J connectivity index is 1.68. The molecule has 1 N–H and O–H groups in total. The van der Waals surface area contributed by atoms with E-state index in [1.807, 2.05) is 0 Å². The summed E-state index contributed by atoms with van der Waals surface area (Å²) in [5.74, 6) is 0.926. The molecule has 0 amide bonds. The Labute approximate surface area is 176 Å². The molecule has 3 aromatic rings. The van der Waals surface area contributed by atoms with E-state index < -0.39 is 0 Å². The number of pyridine rings is 1. The highest BCUT2D eigenvalue weighted by atomic mass is 32.1. The Morgan fingerprint density at radius 2 is 2.00 bits per heavy atom. The van der Waals surface area contributed by atoms with Gasteiger partial charge in [-0.1, -0.05) is 13.8 Å². The number of ether oxygens (including phenoxy) is 1. The molecule has 4 rings (SSSR count). The van der Waals surface area contributed by atoms with Gasteiger partial charge in [-0.15, -0.1) is 11.3 Å². The smallest absolute Gasteiger partial charge is 0.147 e. The number of hydrogen-bond donors (Lipinski definition) is 1. The summed E-state index contributed by atoms with van der Waals surface area (Å²) in [6.45, 7) is 15.6. The van der Waals surface area contributed by atoms with Crippen molar-refractivity contribution in [3.63, 3.8) is 0 Å². The minimum atomic E-state index is -0.166. The Hall–Kier alpha value is -1.83. The highest BCUT2D eigenvalue weighted by Gasteiger charge is 2.30. The molecule has 3 aromatic heterocycles. The number of hydrogen-bond acceptors (Lipinski definition) is 7. The van der Waals surface area contributed by atoms with Crippen LogP contribution in [-0.4, -0.2) is 51.6 Å². The minimum absolute atomic E-state index is 0.166. The standard InChI is InChI=1S/C22H31N5OS/c1-6-27(7-2)10-8-9-23-20-19-18(24-13-25-20)17-15-11-22(4,5)28-12-16(15)14(3)26-21(17)29-19/h13H,6-12H2,1-5H3,(H,23,24,25). The maximum atomic E-state index is 6.05. The summed E-state index contributed by atoms with van der Waals surface area (Å²) in [4.78, 5) is 17.6. The van der Waals surface area contributed by atoms with Crippen LogP contribution in [0.2, 0.25) is 0 Å². The van der Waals surface area contributed by atoms with E-state index in [0.717, 1.165) is 65.6 Å². The molecular weight excluding hydrogens is 382 g/mol. The predicted octanol–water partition coefficient (Wildman–Crippen LogP) is 4.54. The van der Waals surface area contributed by atoms with Gasteiger partial charge >= 0.3 is 0 Å². The van der Waals surface area contributed by atoms with E-state index in [-0.39, 0.29) is 5.60 Å². The molecule has 0 saturated carbocycles. The number of nitrogens with one attached hydrogen (secondary N) is 1. The fraction of sp³-hybridized carbons (Fsp3) is 0.591. The quantitative estimate of drug-likeness (QED) is 0.574. The Kier molecular flexibility index (Phi) is 5.73. The largest absolute Gasteiger partial charge is 0.370 e. The van der Waals surface area contributed by atoms with E-state index in [9.17, 15) is 0 Å². The molecule has 0 aliphatic carbocycles. The molecule has 1 aliphatic rings. The molecule has 0 unspecified atom stereocenters. The zero-order chi connectivity index (χ0) is 20.6. The van der Waals surface area contributed by atoms with Crippen LogP contribution in [-0.2, 0) is 17.8 Å². The normalized spacial score (nSPS) is 15.9. The maximum absolute atomic E-state index is 6.05. The molecule has 1 aliphatic heterocycles. The molecule has 0 atom stereocenters. The number of nitrogens with zero attached hydrogens (tertiary/aromatic N) is 4. The fourth-order valence-electron chi connectivity index (χ4n) is 4.14. The highest BCUT2D eigenvalue weighted by molar-refractivity contribution is 7.26. The third-order valence-electron chi connectivity index (χ3n) is 5.87. The van der Waals surface area contributed by atoms with Crippen molar-refractivity contribution in [3.8, 4) is 0 Å². The van der Waals surface area contributed by atoms with Crippen molar-refractivity contribution < 1.29 is 4.74 Å². The second-order valence-corrected chi connectivity index (χ2v) is 9.37. The van der Waals surface area contributed by atoms with Gasteiger partial charge in [0.15, 0.2) is 0 Å². The summed E-state index contributed by atoms with van der Waals surface area (Å²) in [5, 5.41) is 4.73. The van der Waals surface area contributed by atoms with Crippen molar-refractivity contribution >= 4 is 37.6 Å². The molecule has 0 aromatic carbocycles. The van der Waals surface area contributed by atoms with Crippen LogP contribution in [0.1, 0.15) is 50.9 Å². The lowest BCUT2D eigenvalue weighted by Gasteiger charge is -2.32. The summed E-state index contributed by atoms with van der Waals surface area (Å²) in [5.41, 5.74) is 4.49. The molecule has 0 bridgehead atoms. The zero-order valence-corrected chi connectivity index (χ0v) is 18.9. The van der Waals surface area contributed by atoms with Crippen molar-refractivity contribution in [2.45, 2.75) is 59.7 Å². The second kappa shape index (κ2) is 8.13. The molecule has 6 nitrogen and oxygen atoms in total. The van der Waals surface area contributed by atoms with E-state index >= 15 is 0 Å². The van der Waals surface area contributed by atoms with Crippen LogP contribution in [0.15, 0.2) is 6.33 Å². The molecule has 0 radical (unpaired) electrons. The van der Waals surface area contributed by atoms with E-state index in [1.165, 1.54) is 16.5 Å². The van der Waals surface area contributed by atoms with Gasteiger partial charge in [0.05, 0.1) is 22.4 Å². The van der Waals surface area contributed by atoms with Gasteiger partial charge in [0.1, 0.15) is 17.0 Å². The van der Waals surface area contributed by atoms with Gasteiger partial charge in [-0.25, -0.2) is 15.0 Å². The number of fused-ring (bicyclic) bond motifs is 5. The lowest BCUT2D eigenvalue weighted by molar-refractivity contribution is -0.0400. The van der Waals surface area contributed by atoms with Crippen LogP contribution in [0.3, 0.4) is 0 Å². The minimum Gasteiger partial charge on any atom is -0.370 e. The molecule has 4 heterocycles. The summed E-state index contributed by atoms with van der Waals surface area (Å²) in [6, 6.07) is 0. The van der Waals surface area contributed by atoms with Gasteiger partial charge < -0.3 is 15.0 Å². The lowest BCUT2D eigenvalue weighted by Crippen LogP contribution is -2.32. The van der Waals surface area contributed by atoms with E-state index in [4.69, 9.17) is 9.72 Å². The SMILES string of the molecule is CCN(CC)CCCNc1ncnc2c1sc1nc(C)c3c(c12)CC(C)(C)OC3. The summed E-state index contributed by atoms with van der Waals surface area (Å²) in [7, 11) is 0. The van der Waals surface area contributed by atoms with Crippen molar-refractivity contribution in [1.29, 1.82) is 0 Å². The predicted molar refractivity (Wildman–Crippen MR) is 121 cm³/mol. The summed E-state index contributed by atoms with van der Waals surface area (Å²) in [6.07, 6.45) is 3.65. The fourth-order valence-corrected chi connectivity index (χ4v) is 5.31. The number of aryl methyl sites for hydroxylation is 1. The summed E-state index contributed by atoms with van der Waals surface area (Å²) >= 11 is 1.70. The van der Waals surface area contributed by atoms with Crippen LogP contribution in [0, 0.1) is 6.92 Å². The number of thiophene rings is 1. The second-order valence-electron chi connectivity index (χ2n) is 8.37. The first-order chi connectivity index (χ1) is 13.9. The molecular formula is C22H31N5OS. The van der Waals surface area contributed by atoms with Crippen LogP contribution in [0.5, 0.6) is 0 Å². The monoisotopic (exact) mass is 413 g/mol. The van der Waals surface area contributed by atoms with Crippen LogP contribution in [0.4, 0.5) is 5.82 Å². The first-order valence-corrected chi connectivity index (χ1v) is 11.4. The van der Waals surface area contributed by atoms with Gasteiger partial charge in [-0.2, -0.15) is 0 Å². The highest BCUT2D eigenvalue weighted by Crippen LogP contribution is 2.41. The first-order valence-electron chi connectivity index (χ1n) is 10.6. The van der Waals surface area contributed by atoms with Crippen molar-refractivity contribution in [2.24, 2.45) is 0 Å². The van der Waals surface area contributed by atoms with Gasteiger partial charge in [0, 0.05) is 29.6 Å². The van der Waals surface area contributed by atoms with E-state index in [0.29, 0.717) is 6.61 Å². The van der Waals surface area contributed by atoms with Gasteiger partial charge in [0.25, 0.3) is 0 Å². The Bertz CT molecular complexity index is 1030. The van der Waals surface area contributed by atoms with Crippen LogP contribution >= 0.6 is 11.3 Å². The molecule has 29 heavy (non-hydrogen) atoms. The Morgan fingerprint density at radius 1 is 1.21 bits per heavy atom. The number of anilines is 1. The third kappa shape index (κ3) is 3.96. The Morgan fingerprint density at radius 3 is 2.76 bits per heavy atom. The zero-order valence-electron chi connectivity index (χ0n) is 18.1. The maximum Gasteiger partial charge on any atom is 0.147 e. The first kappa shape index (κ1) is 20.4. The van der Waals surface area contributed by atoms with Gasteiger partial charge in [-0.3, -0.25) is 0 Å². The molecule has 0 spiro atoms. The molecule has 156 valence electrons. The van der Waals surface area contributed by atoms with E-state index in [2.05, 4.69) is 54.8 Å². The van der Waals surface area contributed by atoms with Crippen LogP contribution < -0.4 is 5.32 Å². The van der Waals surface area contributed by atoms with E-state index in [1.54, 1.807) is 17.7 Å². The van der Waals surface area contributed by atoms with Gasteiger partial charge in [0.2, 0.25) is 0 Å². The summed E-state index contributed by atoms with van der Waals surface area (Å²) < 4.78 is 7.16. The average Bonchev–Trinajstić information content (AvgIpc) is 3.06. The molecule has 7 heteroatoms. The lowest BCUT2D eigenvalue weighted by atomic mass is 9.89. The number of rotatable bonds is 7. The molecule has 0 fully saturated rings. The van der Waals surface area contributed by atoms with Crippen molar-refractivity contribution in [2.75, 3.05) is 31.5 Å². The van der Waals surface area contributed by atoms with Crippen molar-refractivity contribution in [3.05, 3.63) is 23.1 Å². The van der Waals surface area contributed by atoms with Crippen LogP contribution in [0.25, 0.3) is 20.4 Å². The van der Waals surface area contributed by atoms with Crippen molar-refractivity contribution in [1.82, 2.24) is 19.9 Å². The number of aromatic nitrogens is 3. The average molecular weight is 414 g/mol. The third-order valence-corrected chi connectivity index (χ3v) is 6.95. The molecule has 0 saturated heterocycles.